The van der Waals surface area contributed by atoms with Gasteiger partial charge >= 0.3 is 0 Å². The summed E-state index contributed by atoms with van der Waals surface area (Å²) in [6.45, 7) is 11.8. The highest BCUT2D eigenvalue weighted by atomic mass is 79.9. The lowest BCUT2D eigenvalue weighted by molar-refractivity contribution is 0.364. The molecule has 6 heteroatoms. The third-order valence-electron chi connectivity index (χ3n) is 3.06. The Morgan fingerprint density at radius 2 is 2.10 bits per heavy atom. The highest BCUT2D eigenvalue weighted by Gasteiger charge is 2.22. The number of likely N-dealkylation sites (N-methyl/N-ethyl adjacent to an activating group) is 1. The van der Waals surface area contributed by atoms with Gasteiger partial charge in [0.05, 0.1) is 29.0 Å². The molecule has 0 aliphatic heterocycles. The minimum Gasteiger partial charge on any atom is -0.308 e. The number of nitrogens with one attached hydrogen (secondary N) is 1. The van der Waals surface area contributed by atoms with Crippen LogP contribution >= 0.6 is 27.7 Å². The number of hydrogen-bond donors (Lipinski definition) is 1. The fourth-order valence-electron chi connectivity index (χ4n) is 2.01. The van der Waals surface area contributed by atoms with Crippen LogP contribution in [-0.2, 0) is 6.54 Å². The SMILES string of the molecule is CCNC(CSC(C)(C)C)c1c(Br)cnn1CCN(C)C. The van der Waals surface area contributed by atoms with Gasteiger partial charge in [0, 0.05) is 17.0 Å². The molecule has 0 spiro atoms. The Balaban J connectivity index is 2.88. The van der Waals surface area contributed by atoms with Gasteiger partial charge < -0.3 is 10.2 Å². The first-order chi connectivity index (χ1) is 9.74. The maximum absolute atomic E-state index is 4.53. The second-order valence-corrected chi connectivity index (χ2v) is 9.14. The lowest BCUT2D eigenvalue weighted by Crippen LogP contribution is -2.29. The minimum absolute atomic E-state index is 0.272. The van der Waals surface area contributed by atoms with Gasteiger partial charge in [0.2, 0.25) is 0 Å². The van der Waals surface area contributed by atoms with E-state index >= 15 is 0 Å². The smallest absolute Gasteiger partial charge is 0.0704 e. The first kappa shape index (κ1) is 19.0. The molecule has 1 rings (SSSR count). The minimum atomic E-state index is 0.272. The molecule has 1 atom stereocenters. The van der Waals surface area contributed by atoms with Crippen LogP contribution in [0, 0.1) is 0 Å². The van der Waals surface area contributed by atoms with Gasteiger partial charge in [0.25, 0.3) is 0 Å². The highest BCUT2D eigenvalue weighted by molar-refractivity contribution is 9.10. The number of halogens is 1. The van der Waals surface area contributed by atoms with Crippen LogP contribution in [0.3, 0.4) is 0 Å². The van der Waals surface area contributed by atoms with E-state index in [1.165, 1.54) is 5.69 Å². The van der Waals surface area contributed by atoms with E-state index in [-0.39, 0.29) is 4.75 Å². The van der Waals surface area contributed by atoms with Gasteiger partial charge in [-0.3, -0.25) is 4.68 Å². The Kier molecular flexibility index (Phi) is 7.74. The molecule has 0 radical (unpaired) electrons. The summed E-state index contributed by atoms with van der Waals surface area (Å²) in [5.41, 5.74) is 1.26. The van der Waals surface area contributed by atoms with Crippen LogP contribution in [0.2, 0.25) is 0 Å². The third-order valence-corrected chi connectivity index (χ3v) is 5.03. The average molecular weight is 377 g/mol. The molecule has 0 aromatic carbocycles. The van der Waals surface area contributed by atoms with Crippen LogP contribution in [0.1, 0.15) is 39.4 Å². The number of rotatable bonds is 8. The van der Waals surface area contributed by atoms with Crippen LogP contribution in [0.4, 0.5) is 0 Å². The summed E-state index contributed by atoms with van der Waals surface area (Å²) in [5.74, 6) is 1.05. The van der Waals surface area contributed by atoms with Crippen LogP contribution in [0.15, 0.2) is 10.7 Å². The molecule has 1 heterocycles. The zero-order valence-electron chi connectivity index (χ0n) is 14.1. The average Bonchev–Trinajstić information content (AvgIpc) is 2.72. The fraction of sp³-hybridized carbons (Fsp3) is 0.800. The molecule has 0 bridgehead atoms. The lowest BCUT2D eigenvalue weighted by atomic mass is 10.2. The van der Waals surface area contributed by atoms with Gasteiger partial charge in [-0.05, 0) is 36.6 Å². The second kappa shape index (κ2) is 8.56. The molecule has 1 aromatic rings. The Bertz CT molecular complexity index is 426. The molecular formula is C15H29BrN4S. The first-order valence-corrected chi connectivity index (χ1v) is 9.25. The van der Waals surface area contributed by atoms with E-state index in [1.807, 2.05) is 18.0 Å². The first-order valence-electron chi connectivity index (χ1n) is 7.48. The number of nitrogens with zero attached hydrogens (tertiary/aromatic N) is 3. The van der Waals surface area contributed by atoms with Gasteiger partial charge in [-0.25, -0.2) is 0 Å². The highest BCUT2D eigenvalue weighted by Crippen LogP contribution is 2.31. The largest absolute Gasteiger partial charge is 0.308 e. The van der Waals surface area contributed by atoms with Crippen LogP contribution in [0.5, 0.6) is 0 Å². The summed E-state index contributed by atoms with van der Waals surface area (Å²) in [6.07, 6.45) is 1.91. The van der Waals surface area contributed by atoms with Gasteiger partial charge in [-0.1, -0.05) is 27.7 Å². The Morgan fingerprint density at radius 1 is 1.43 bits per heavy atom. The monoisotopic (exact) mass is 376 g/mol. The van der Waals surface area contributed by atoms with E-state index in [4.69, 9.17) is 0 Å². The summed E-state index contributed by atoms with van der Waals surface area (Å²) in [6, 6.07) is 0.318. The van der Waals surface area contributed by atoms with Gasteiger partial charge in [-0.2, -0.15) is 16.9 Å². The lowest BCUT2D eigenvalue weighted by Gasteiger charge is -2.25. The predicted molar refractivity (Wildman–Crippen MR) is 97.1 cm³/mol. The molecule has 0 saturated heterocycles. The van der Waals surface area contributed by atoms with Crippen LogP contribution in [0.25, 0.3) is 0 Å². The molecule has 0 amide bonds. The number of hydrogen-bond acceptors (Lipinski definition) is 4. The van der Waals surface area contributed by atoms with Crippen molar-refractivity contribution in [3.8, 4) is 0 Å². The van der Waals surface area contributed by atoms with Crippen molar-refractivity contribution in [1.82, 2.24) is 20.0 Å². The van der Waals surface area contributed by atoms with Crippen molar-refractivity contribution in [3.05, 3.63) is 16.4 Å². The molecule has 1 N–H and O–H groups in total. The van der Waals surface area contributed by atoms with Gasteiger partial charge in [-0.15, -0.1) is 0 Å². The Morgan fingerprint density at radius 3 is 2.62 bits per heavy atom. The van der Waals surface area contributed by atoms with Crippen LogP contribution < -0.4 is 5.32 Å². The van der Waals surface area contributed by atoms with Crippen LogP contribution in [-0.4, -0.2) is 52.4 Å². The van der Waals surface area contributed by atoms with E-state index in [2.05, 4.69) is 77.7 Å². The molecular weight excluding hydrogens is 348 g/mol. The van der Waals surface area contributed by atoms with Crippen molar-refractivity contribution in [2.45, 2.75) is 45.0 Å². The van der Waals surface area contributed by atoms with Crippen molar-refractivity contribution in [2.24, 2.45) is 0 Å². The van der Waals surface area contributed by atoms with E-state index in [1.54, 1.807) is 0 Å². The quantitative estimate of drug-likeness (QED) is 0.753. The molecule has 0 saturated carbocycles. The van der Waals surface area contributed by atoms with Crippen molar-refractivity contribution < 1.29 is 0 Å². The predicted octanol–water partition coefficient (Wildman–Crippen LogP) is 3.39. The summed E-state index contributed by atoms with van der Waals surface area (Å²) in [4.78, 5) is 2.19. The maximum Gasteiger partial charge on any atom is 0.0704 e. The van der Waals surface area contributed by atoms with Crippen molar-refractivity contribution in [1.29, 1.82) is 0 Å². The van der Waals surface area contributed by atoms with E-state index in [0.717, 1.165) is 29.9 Å². The number of aromatic nitrogens is 2. The van der Waals surface area contributed by atoms with Crippen molar-refractivity contribution in [3.63, 3.8) is 0 Å². The van der Waals surface area contributed by atoms with Gasteiger partial charge in [0.1, 0.15) is 0 Å². The Labute approximate surface area is 142 Å². The van der Waals surface area contributed by atoms with Crippen molar-refractivity contribution >= 4 is 27.7 Å². The molecule has 1 unspecified atom stereocenters. The molecule has 0 aliphatic rings. The Hall–Kier alpha value is -0.0400. The molecule has 122 valence electrons. The third kappa shape index (κ3) is 6.72. The maximum atomic E-state index is 4.53. The van der Waals surface area contributed by atoms with E-state index < -0.39 is 0 Å². The number of thioether (sulfide) groups is 1. The summed E-state index contributed by atoms with van der Waals surface area (Å²) in [5, 5.41) is 8.13. The zero-order valence-corrected chi connectivity index (χ0v) is 16.5. The topological polar surface area (TPSA) is 33.1 Å². The molecule has 0 aliphatic carbocycles. The summed E-state index contributed by atoms with van der Waals surface area (Å²) < 4.78 is 3.50. The van der Waals surface area contributed by atoms with E-state index in [0.29, 0.717) is 6.04 Å². The zero-order chi connectivity index (χ0) is 16.0. The molecule has 0 fully saturated rings. The standard InChI is InChI=1S/C15H29BrN4S/c1-7-17-13(11-21-15(2,3)4)14-12(16)10-18-20(14)9-8-19(5)6/h10,13,17H,7-9,11H2,1-6H3. The van der Waals surface area contributed by atoms with E-state index in [9.17, 15) is 0 Å². The molecule has 21 heavy (non-hydrogen) atoms. The normalized spacial score (nSPS) is 13.9. The second-order valence-electron chi connectivity index (χ2n) is 6.44. The molecule has 4 nitrogen and oxygen atoms in total. The van der Waals surface area contributed by atoms with Gasteiger partial charge in [0.15, 0.2) is 0 Å². The molecule has 1 aromatic heterocycles. The van der Waals surface area contributed by atoms with Crippen molar-refractivity contribution in [2.75, 3.05) is 32.9 Å². The summed E-state index contributed by atoms with van der Waals surface area (Å²) in [7, 11) is 4.19. The fourth-order valence-corrected chi connectivity index (χ4v) is 3.52. The summed E-state index contributed by atoms with van der Waals surface area (Å²) >= 11 is 5.66.